The number of fused-ring (bicyclic) bond motifs is 1. The number of carbonyl (C=O) groups excluding carboxylic acids is 1. The Hall–Kier alpha value is -2.57. The monoisotopic (exact) mass is 382 g/mol. The number of benzene rings is 1. The van der Waals surface area contributed by atoms with Crippen LogP contribution in [0.5, 0.6) is 5.75 Å². The summed E-state index contributed by atoms with van der Waals surface area (Å²) >= 11 is 0. The first-order chi connectivity index (χ1) is 13.6. The fourth-order valence-electron chi connectivity index (χ4n) is 4.32. The minimum atomic E-state index is -0.394. The van der Waals surface area contributed by atoms with E-state index in [1.165, 1.54) is 18.4 Å². The molecule has 2 fully saturated rings. The van der Waals surface area contributed by atoms with E-state index in [1.807, 2.05) is 30.0 Å². The van der Waals surface area contributed by atoms with Gasteiger partial charge in [0.15, 0.2) is 6.10 Å². The highest BCUT2D eigenvalue weighted by molar-refractivity contribution is 5.83. The van der Waals surface area contributed by atoms with E-state index in [1.54, 1.807) is 0 Å². The van der Waals surface area contributed by atoms with Gasteiger partial charge in [0, 0.05) is 13.1 Å². The molecule has 7 nitrogen and oxygen atoms in total. The number of aromatic nitrogens is 2. The van der Waals surface area contributed by atoms with Crippen molar-refractivity contribution in [2.45, 2.75) is 57.6 Å². The minimum absolute atomic E-state index is 0.0955. The molecule has 5 rings (SSSR count). The molecule has 1 N–H and O–H groups in total. The predicted molar refractivity (Wildman–Crippen MR) is 103 cm³/mol. The van der Waals surface area contributed by atoms with Crippen LogP contribution in [-0.4, -0.2) is 40.1 Å². The van der Waals surface area contributed by atoms with Gasteiger partial charge < -0.3 is 19.4 Å². The van der Waals surface area contributed by atoms with Crippen LogP contribution in [0.4, 0.5) is 6.01 Å². The minimum Gasteiger partial charge on any atom is -0.480 e. The van der Waals surface area contributed by atoms with E-state index in [0.29, 0.717) is 11.3 Å². The van der Waals surface area contributed by atoms with Gasteiger partial charge in [0.05, 0.1) is 0 Å². The van der Waals surface area contributed by atoms with Crippen LogP contribution in [0.25, 0.3) is 0 Å². The quantitative estimate of drug-likeness (QED) is 0.874. The lowest BCUT2D eigenvalue weighted by Gasteiger charge is -2.33. The topological polar surface area (TPSA) is 80.5 Å². The average molecular weight is 382 g/mol. The highest BCUT2D eigenvalue weighted by atomic mass is 16.5. The Labute approximate surface area is 164 Å². The summed E-state index contributed by atoms with van der Waals surface area (Å²) in [5, 5.41) is 11.3. The van der Waals surface area contributed by atoms with Crippen molar-refractivity contribution in [3.05, 3.63) is 35.7 Å². The van der Waals surface area contributed by atoms with Gasteiger partial charge in [-0.05, 0) is 62.5 Å². The number of hydrogen-bond donors (Lipinski definition) is 1. The van der Waals surface area contributed by atoms with Gasteiger partial charge in [0.2, 0.25) is 5.91 Å². The summed E-state index contributed by atoms with van der Waals surface area (Å²) in [5.41, 5.74) is 1.76. The molecule has 2 unspecified atom stereocenters. The van der Waals surface area contributed by atoms with Gasteiger partial charge in [-0.15, -0.1) is 5.10 Å². The lowest BCUT2D eigenvalue weighted by atomic mass is 9.93. The lowest BCUT2D eigenvalue weighted by molar-refractivity contribution is -0.133. The Bertz CT molecular complexity index is 866. The third kappa shape index (κ3) is 3.34. The first-order valence-electron chi connectivity index (χ1n) is 10.3. The molecule has 2 atom stereocenters. The van der Waals surface area contributed by atoms with Crippen LogP contribution >= 0.6 is 0 Å². The molecule has 7 heteroatoms. The summed E-state index contributed by atoms with van der Waals surface area (Å²) in [6, 6.07) is 7.89. The predicted octanol–water partition coefficient (Wildman–Crippen LogP) is 3.34. The molecule has 1 amide bonds. The van der Waals surface area contributed by atoms with Crippen molar-refractivity contribution in [2.75, 3.05) is 18.4 Å². The summed E-state index contributed by atoms with van der Waals surface area (Å²) in [6.45, 7) is 3.56. The third-order valence-corrected chi connectivity index (χ3v) is 6.44. The number of ether oxygens (including phenoxy) is 1. The Balaban J connectivity index is 1.19. The number of rotatable bonds is 4. The van der Waals surface area contributed by atoms with E-state index in [-0.39, 0.29) is 18.0 Å². The molecule has 1 spiro atoms. The van der Waals surface area contributed by atoms with Crippen LogP contribution in [0.3, 0.4) is 0 Å². The second-order valence-corrected chi connectivity index (χ2v) is 8.39. The van der Waals surface area contributed by atoms with Crippen molar-refractivity contribution in [3.63, 3.8) is 0 Å². The Kier molecular flexibility index (Phi) is 4.25. The number of carbonyl (C=O) groups is 1. The number of para-hydroxylation sites is 1. The number of hydrogen-bond acceptors (Lipinski definition) is 6. The van der Waals surface area contributed by atoms with Gasteiger partial charge in [0.1, 0.15) is 11.8 Å². The standard InChI is InChI=1S/C21H26N4O3/c1-14(19(26)25-12-10-21(8-9-21)11-13-25)22-20-24-23-18(28-20)17-7-6-15-4-2-3-5-16(15)27-17/h2-5,14,17H,6-13H2,1H3,(H,22,24). The number of amides is 1. The van der Waals surface area contributed by atoms with Gasteiger partial charge in [-0.25, -0.2) is 0 Å². The number of piperidine rings is 1. The van der Waals surface area contributed by atoms with E-state index < -0.39 is 6.04 Å². The summed E-state index contributed by atoms with van der Waals surface area (Å²) in [6.07, 6.45) is 6.40. The van der Waals surface area contributed by atoms with E-state index in [9.17, 15) is 4.79 Å². The molecule has 1 aliphatic carbocycles. The van der Waals surface area contributed by atoms with E-state index in [4.69, 9.17) is 9.15 Å². The molecule has 3 aliphatic rings. The molecular weight excluding hydrogens is 356 g/mol. The molecule has 148 valence electrons. The highest BCUT2D eigenvalue weighted by Crippen LogP contribution is 2.53. The van der Waals surface area contributed by atoms with Crippen LogP contribution in [0.2, 0.25) is 0 Å². The molecule has 2 aromatic rings. The van der Waals surface area contributed by atoms with E-state index in [2.05, 4.69) is 21.6 Å². The first kappa shape index (κ1) is 17.5. The molecule has 0 bridgehead atoms. The van der Waals surface area contributed by atoms with Crippen LogP contribution < -0.4 is 10.1 Å². The van der Waals surface area contributed by atoms with Crippen molar-refractivity contribution in [1.29, 1.82) is 0 Å². The van der Waals surface area contributed by atoms with Crippen molar-refractivity contribution in [2.24, 2.45) is 5.41 Å². The van der Waals surface area contributed by atoms with Gasteiger partial charge in [-0.2, -0.15) is 0 Å². The number of aryl methyl sites for hydroxylation is 1. The zero-order valence-corrected chi connectivity index (χ0v) is 16.2. The van der Waals surface area contributed by atoms with Gasteiger partial charge in [0.25, 0.3) is 5.89 Å². The second-order valence-electron chi connectivity index (χ2n) is 8.39. The van der Waals surface area contributed by atoms with Crippen molar-refractivity contribution < 1.29 is 13.9 Å². The largest absolute Gasteiger partial charge is 0.480 e. The normalized spacial score (nSPS) is 23.6. The average Bonchev–Trinajstić information content (AvgIpc) is 3.31. The fourth-order valence-corrected chi connectivity index (χ4v) is 4.32. The molecule has 1 aromatic carbocycles. The smallest absolute Gasteiger partial charge is 0.316 e. The molecule has 0 radical (unpaired) electrons. The Morgan fingerprint density at radius 2 is 2.00 bits per heavy atom. The van der Waals surface area contributed by atoms with E-state index >= 15 is 0 Å². The maximum Gasteiger partial charge on any atom is 0.316 e. The molecule has 3 heterocycles. The molecule has 1 saturated heterocycles. The number of nitrogens with zero attached hydrogens (tertiary/aromatic N) is 3. The van der Waals surface area contributed by atoms with Crippen LogP contribution in [0.1, 0.15) is 56.6 Å². The highest BCUT2D eigenvalue weighted by Gasteiger charge is 2.45. The van der Waals surface area contributed by atoms with Crippen LogP contribution in [0.15, 0.2) is 28.7 Å². The van der Waals surface area contributed by atoms with Crippen LogP contribution in [-0.2, 0) is 11.2 Å². The van der Waals surface area contributed by atoms with Crippen LogP contribution in [0, 0.1) is 5.41 Å². The summed E-state index contributed by atoms with van der Waals surface area (Å²) in [4.78, 5) is 14.7. The molecule has 2 aliphatic heterocycles. The molecular formula is C21H26N4O3. The second kappa shape index (κ2) is 6.79. The number of nitrogens with one attached hydrogen (secondary N) is 1. The molecule has 1 saturated carbocycles. The number of anilines is 1. The Morgan fingerprint density at radius 3 is 2.79 bits per heavy atom. The molecule has 1 aromatic heterocycles. The molecule has 28 heavy (non-hydrogen) atoms. The lowest BCUT2D eigenvalue weighted by Crippen LogP contribution is -2.45. The van der Waals surface area contributed by atoms with Crippen molar-refractivity contribution >= 4 is 11.9 Å². The zero-order valence-electron chi connectivity index (χ0n) is 16.2. The zero-order chi connectivity index (χ0) is 19.1. The van der Waals surface area contributed by atoms with Crippen molar-refractivity contribution in [3.8, 4) is 5.75 Å². The fraction of sp³-hybridized carbons (Fsp3) is 0.571. The SMILES string of the molecule is CC(Nc1nnc(C2CCc3ccccc3O2)o1)C(=O)N1CCC2(CC1)CC2. The van der Waals surface area contributed by atoms with Gasteiger partial charge in [-0.1, -0.05) is 23.3 Å². The van der Waals surface area contributed by atoms with Crippen molar-refractivity contribution in [1.82, 2.24) is 15.1 Å². The Morgan fingerprint density at radius 1 is 1.21 bits per heavy atom. The summed E-state index contributed by atoms with van der Waals surface area (Å²) in [7, 11) is 0. The third-order valence-electron chi connectivity index (χ3n) is 6.44. The summed E-state index contributed by atoms with van der Waals surface area (Å²) in [5.74, 6) is 1.41. The first-order valence-corrected chi connectivity index (χ1v) is 10.3. The summed E-state index contributed by atoms with van der Waals surface area (Å²) < 4.78 is 11.8. The maximum absolute atomic E-state index is 12.7. The van der Waals surface area contributed by atoms with Gasteiger partial charge >= 0.3 is 6.01 Å². The number of likely N-dealkylation sites (tertiary alicyclic amines) is 1. The van der Waals surface area contributed by atoms with E-state index in [0.717, 1.165) is 44.5 Å². The maximum atomic E-state index is 12.7. The van der Waals surface area contributed by atoms with Gasteiger partial charge in [-0.3, -0.25) is 4.79 Å².